The second-order valence-electron chi connectivity index (χ2n) is 9.96. The van der Waals surface area contributed by atoms with E-state index in [1.807, 2.05) is 0 Å². The van der Waals surface area contributed by atoms with Crippen LogP contribution < -0.4 is 16.8 Å². The van der Waals surface area contributed by atoms with Crippen LogP contribution in [0.15, 0.2) is 34.0 Å². The molecule has 1 aliphatic carbocycles. The second kappa shape index (κ2) is 14.4. The molecule has 0 radical (unpaired) electrons. The largest absolute Gasteiger partial charge is 0.445 e. The van der Waals surface area contributed by atoms with E-state index in [4.69, 9.17) is 25.7 Å². The molecule has 4 rings (SSSR count). The molecule has 1 saturated carbocycles. The Balaban J connectivity index is 1.46. The van der Waals surface area contributed by atoms with Crippen LogP contribution in [0.1, 0.15) is 51.1 Å². The Morgan fingerprint density at radius 2 is 2.00 bits per heavy atom. The third-order valence-corrected chi connectivity index (χ3v) is 8.92. The van der Waals surface area contributed by atoms with Crippen molar-refractivity contribution in [2.24, 2.45) is 16.8 Å². The number of fused-ring (bicyclic) bond motifs is 1. The van der Waals surface area contributed by atoms with Crippen molar-refractivity contribution >= 4 is 63.8 Å². The Labute approximate surface area is 254 Å². The predicted octanol–water partition coefficient (Wildman–Crippen LogP) is 1.61. The van der Waals surface area contributed by atoms with Gasteiger partial charge in [0, 0.05) is 24.5 Å². The lowest BCUT2D eigenvalue weighted by Gasteiger charge is -2.49. The van der Waals surface area contributed by atoms with Crippen LogP contribution in [0.5, 0.6) is 0 Å². The third kappa shape index (κ3) is 7.84. The Kier molecular flexibility index (Phi) is 10.6. The summed E-state index contributed by atoms with van der Waals surface area (Å²) in [5.74, 6) is -2.46. The number of thioether (sulfide) groups is 1. The molecule has 1 aromatic rings. The Hall–Kier alpha value is -4.12. The molecule has 3 aliphatic rings. The van der Waals surface area contributed by atoms with E-state index in [9.17, 15) is 29.2 Å². The zero-order chi connectivity index (χ0) is 31.1. The van der Waals surface area contributed by atoms with E-state index in [0.29, 0.717) is 5.57 Å². The molecule has 2 fully saturated rings. The first-order chi connectivity index (χ1) is 20.6. The fraction of sp³-hybridized carbons (Fsp3) is 0.500. The lowest BCUT2D eigenvalue weighted by Crippen LogP contribution is -2.71. The molecule has 3 heterocycles. The number of esters is 2. The van der Waals surface area contributed by atoms with Gasteiger partial charge in [0.05, 0.1) is 0 Å². The molecular weight excluding hydrogens is 604 g/mol. The molecule has 2 aliphatic heterocycles. The van der Waals surface area contributed by atoms with Gasteiger partial charge in [-0.3, -0.25) is 19.3 Å². The lowest BCUT2D eigenvalue weighted by atomic mass is 9.87. The fourth-order valence-electron chi connectivity index (χ4n) is 4.99. The number of oxime groups is 1. The van der Waals surface area contributed by atoms with Crippen molar-refractivity contribution in [2.45, 2.75) is 63.2 Å². The van der Waals surface area contributed by atoms with Crippen LogP contribution in [0.2, 0.25) is 0 Å². The normalized spacial score (nSPS) is 21.6. The summed E-state index contributed by atoms with van der Waals surface area (Å²) in [7, 11) is 0. The Morgan fingerprint density at radius 1 is 1.26 bits per heavy atom. The van der Waals surface area contributed by atoms with Crippen molar-refractivity contribution < 1.29 is 43.4 Å². The highest BCUT2D eigenvalue weighted by atomic mass is 32.2. The van der Waals surface area contributed by atoms with Crippen molar-refractivity contribution in [3.63, 3.8) is 0 Å². The molecule has 1 aromatic heterocycles. The maximum absolute atomic E-state index is 13.4. The molecule has 0 aromatic carbocycles. The number of carbonyl (C=O) groups excluding carboxylic acids is 5. The summed E-state index contributed by atoms with van der Waals surface area (Å²) in [4.78, 5) is 67.9. The summed E-state index contributed by atoms with van der Waals surface area (Å²) in [5, 5.41) is 15.8. The summed E-state index contributed by atoms with van der Waals surface area (Å²) in [6.07, 6.45) is 6.12. The van der Waals surface area contributed by atoms with Crippen molar-refractivity contribution in [3.05, 3.63) is 34.5 Å². The number of carbonyl (C=O) groups is 5. The number of allylic oxidation sites excluding steroid dienone is 1. The number of hydrogen-bond acceptors (Lipinski definition) is 14. The molecule has 3 atom stereocenters. The second-order valence-corrected chi connectivity index (χ2v) is 12.0. The number of nitrogens with zero attached hydrogens (tertiary/aromatic N) is 3. The number of thiazole rings is 1. The van der Waals surface area contributed by atoms with Crippen LogP contribution in [0.25, 0.3) is 0 Å². The Bertz CT molecular complexity index is 1350. The summed E-state index contributed by atoms with van der Waals surface area (Å²) in [6, 6.07) is -1.07. The van der Waals surface area contributed by atoms with Crippen LogP contribution in [-0.2, 0) is 33.4 Å². The number of primary amides is 1. The molecule has 0 spiro atoms. The van der Waals surface area contributed by atoms with Gasteiger partial charge >= 0.3 is 18.0 Å². The molecule has 17 heteroatoms. The van der Waals surface area contributed by atoms with E-state index in [0.717, 1.165) is 43.4 Å². The zero-order valence-corrected chi connectivity index (χ0v) is 24.9. The van der Waals surface area contributed by atoms with Crippen LogP contribution in [0, 0.1) is 5.92 Å². The van der Waals surface area contributed by atoms with Gasteiger partial charge in [-0.15, -0.1) is 23.1 Å². The number of hydrogen-bond donors (Lipinski definition) is 4. The average Bonchev–Trinajstić information content (AvgIpc) is 3.39. The van der Waals surface area contributed by atoms with Gasteiger partial charge in [0.2, 0.25) is 6.29 Å². The number of β-lactam (4-membered cyclic amide) rings is 1. The third-order valence-electron chi connectivity index (χ3n) is 6.95. The maximum atomic E-state index is 13.4. The van der Waals surface area contributed by atoms with E-state index in [1.54, 1.807) is 0 Å². The molecule has 1 saturated heterocycles. The highest BCUT2D eigenvalue weighted by molar-refractivity contribution is 8.00. The first-order valence-electron chi connectivity index (χ1n) is 13.5. The van der Waals surface area contributed by atoms with E-state index >= 15 is 0 Å². The van der Waals surface area contributed by atoms with Crippen LogP contribution in [0.3, 0.4) is 0 Å². The van der Waals surface area contributed by atoms with Gasteiger partial charge < -0.3 is 36.2 Å². The monoisotopic (exact) mass is 636 g/mol. The summed E-state index contributed by atoms with van der Waals surface area (Å²) in [5.41, 5.74) is 10.4. The number of aromatic nitrogens is 1. The predicted molar refractivity (Wildman–Crippen MR) is 154 cm³/mol. The molecule has 0 bridgehead atoms. The average molecular weight is 637 g/mol. The first-order valence-corrected chi connectivity index (χ1v) is 15.4. The number of rotatable bonds is 11. The van der Waals surface area contributed by atoms with Gasteiger partial charge in [-0.2, -0.15) is 0 Å². The van der Waals surface area contributed by atoms with Gasteiger partial charge in [0.25, 0.3) is 11.8 Å². The van der Waals surface area contributed by atoms with Gasteiger partial charge in [-0.05, 0) is 30.4 Å². The molecule has 232 valence electrons. The van der Waals surface area contributed by atoms with Crippen molar-refractivity contribution in [2.75, 3.05) is 18.1 Å². The minimum atomic E-state index is -1.23. The van der Waals surface area contributed by atoms with Crippen molar-refractivity contribution in [3.8, 4) is 0 Å². The number of nitrogens with one attached hydrogen (secondary N) is 1. The minimum Gasteiger partial charge on any atom is -0.445 e. The highest BCUT2D eigenvalue weighted by Crippen LogP contribution is 2.41. The van der Waals surface area contributed by atoms with Crippen LogP contribution in [-0.4, -0.2) is 80.7 Å². The van der Waals surface area contributed by atoms with Gasteiger partial charge in [0.15, 0.2) is 10.8 Å². The number of anilines is 1. The molecule has 6 N–H and O–H groups in total. The number of ether oxygens (including phenoxy) is 3. The minimum absolute atomic E-state index is 0.0317. The summed E-state index contributed by atoms with van der Waals surface area (Å²) >= 11 is 2.29. The SMILES string of the molecule is CC(OC(=O)CC1CCCCC1)OC(=O)C1=C(/C=C\COC(N)=O)CS[C@@H]2C(NC(=O)/C(=N\O)c3csc(N)n3)C(=O)N12. The van der Waals surface area contributed by atoms with Gasteiger partial charge in [0.1, 0.15) is 29.4 Å². The highest BCUT2D eigenvalue weighted by Gasteiger charge is 2.54. The molecule has 3 amide bonds. The molecule has 43 heavy (non-hydrogen) atoms. The fourth-order valence-corrected chi connectivity index (χ4v) is 6.86. The quantitative estimate of drug-likeness (QED) is 0.0679. The standard InChI is InChI=1S/C26H32N6O9S2/c1-13(40-17(33)10-14-6-3-2-4-7-14)41-24(36)20-15(8-5-9-39-26(28)37)11-42-23-19(22(35)32(20)23)30-21(34)18(31-38)16-12-43-25(27)29-16/h5,8,12-14,19,23,38H,2-4,6-7,9-11H2,1H3,(H2,27,29)(H2,28,37)(H,30,34)/b8-5-,31-18-/t13?,19?,23-/m1/s1. The van der Waals surface area contributed by atoms with Crippen molar-refractivity contribution in [1.82, 2.24) is 15.2 Å². The molecule has 15 nitrogen and oxygen atoms in total. The number of amides is 3. The van der Waals surface area contributed by atoms with Gasteiger partial charge in [-0.25, -0.2) is 14.6 Å². The molecule has 2 unspecified atom stereocenters. The van der Waals surface area contributed by atoms with Crippen LogP contribution in [0.4, 0.5) is 9.93 Å². The van der Waals surface area contributed by atoms with Gasteiger partial charge in [-0.1, -0.05) is 30.5 Å². The van der Waals surface area contributed by atoms with Crippen molar-refractivity contribution in [1.29, 1.82) is 0 Å². The Morgan fingerprint density at radius 3 is 2.65 bits per heavy atom. The number of nitrogen functional groups attached to an aromatic ring is 1. The first kappa shape index (κ1) is 31.8. The van der Waals surface area contributed by atoms with Crippen LogP contribution >= 0.6 is 23.1 Å². The van der Waals surface area contributed by atoms with E-state index in [1.165, 1.54) is 41.1 Å². The smallest absolute Gasteiger partial charge is 0.404 e. The van der Waals surface area contributed by atoms with E-state index in [-0.39, 0.29) is 41.2 Å². The number of nitrogens with two attached hydrogens (primary N) is 2. The summed E-state index contributed by atoms with van der Waals surface area (Å²) in [6.45, 7) is 1.23. The van der Waals surface area contributed by atoms with E-state index in [2.05, 4.69) is 15.5 Å². The summed E-state index contributed by atoms with van der Waals surface area (Å²) < 4.78 is 15.4. The lowest BCUT2D eigenvalue weighted by molar-refractivity contribution is -0.185. The maximum Gasteiger partial charge on any atom is 0.404 e. The topological polar surface area (TPSA) is 226 Å². The zero-order valence-electron chi connectivity index (χ0n) is 23.2. The van der Waals surface area contributed by atoms with E-state index < -0.39 is 53.3 Å². The molecular formula is C26H32N6O9S2.